The van der Waals surface area contributed by atoms with E-state index in [2.05, 4.69) is 10.4 Å². The van der Waals surface area contributed by atoms with E-state index in [1.54, 1.807) is 4.90 Å². The van der Waals surface area contributed by atoms with Crippen molar-refractivity contribution in [2.45, 2.75) is 38.8 Å². The second-order valence-electron chi connectivity index (χ2n) is 7.77. The molecule has 1 aromatic heterocycles. The Morgan fingerprint density at radius 2 is 1.94 bits per heavy atom. The van der Waals surface area contributed by atoms with Gasteiger partial charge in [-0.25, -0.2) is 0 Å². The monoisotopic (exact) mass is 433 g/mol. The van der Waals surface area contributed by atoms with Crippen molar-refractivity contribution in [3.8, 4) is 0 Å². The lowest BCUT2D eigenvalue weighted by atomic mass is 9.94. The molecule has 0 aliphatic carbocycles. The van der Waals surface area contributed by atoms with Crippen molar-refractivity contribution < 1.29 is 14.5 Å². The second-order valence-corrected chi connectivity index (χ2v) is 7.77. The number of amides is 2. The van der Waals surface area contributed by atoms with Crippen LogP contribution in [0.5, 0.6) is 0 Å². The third-order valence-electron chi connectivity index (χ3n) is 5.53. The molecule has 2 amide bonds. The quantitative estimate of drug-likeness (QED) is 0.473. The van der Waals surface area contributed by atoms with Gasteiger partial charge in [-0.05, 0) is 43.5 Å². The highest BCUT2D eigenvalue weighted by molar-refractivity contribution is 6.05. The SMILES string of the molecule is Cc1ccc(NC(=O)C2CCc3ccccc3N2C(=O)CCn2cc([N+](=O)[O-])cn2)cc1. The van der Waals surface area contributed by atoms with Crippen LogP contribution in [0.3, 0.4) is 0 Å². The molecular formula is C23H23N5O4. The number of para-hydroxylation sites is 1. The zero-order chi connectivity index (χ0) is 22.7. The van der Waals surface area contributed by atoms with Crippen molar-refractivity contribution in [3.05, 3.63) is 82.2 Å². The average Bonchev–Trinajstić information content (AvgIpc) is 3.27. The number of aryl methyl sites for hydroxylation is 3. The molecule has 1 aliphatic rings. The van der Waals surface area contributed by atoms with E-state index < -0.39 is 11.0 Å². The zero-order valence-electron chi connectivity index (χ0n) is 17.6. The Balaban J connectivity index is 1.54. The summed E-state index contributed by atoms with van der Waals surface area (Å²) in [6, 6.07) is 14.4. The van der Waals surface area contributed by atoms with Gasteiger partial charge in [0.15, 0.2) is 0 Å². The van der Waals surface area contributed by atoms with E-state index in [-0.39, 0.29) is 30.5 Å². The molecule has 1 aliphatic heterocycles. The van der Waals surface area contributed by atoms with Gasteiger partial charge in [-0.1, -0.05) is 35.9 Å². The topological polar surface area (TPSA) is 110 Å². The van der Waals surface area contributed by atoms with Crippen LogP contribution in [0.25, 0.3) is 0 Å². The molecule has 4 rings (SSSR count). The second kappa shape index (κ2) is 9.01. The van der Waals surface area contributed by atoms with Crippen molar-refractivity contribution in [1.29, 1.82) is 0 Å². The standard InChI is InChI=1S/C23H23N5O4/c1-16-6-9-18(10-7-16)25-23(30)21-11-8-17-4-2-3-5-20(17)27(21)22(29)12-13-26-15-19(14-24-26)28(31)32/h2-7,9-10,14-15,21H,8,11-13H2,1H3,(H,25,30). The normalized spacial score (nSPS) is 15.2. The van der Waals surface area contributed by atoms with Crippen molar-refractivity contribution in [1.82, 2.24) is 9.78 Å². The first-order chi connectivity index (χ1) is 15.4. The Morgan fingerprint density at radius 3 is 2.66 bits per heavy atom. The number of hydrogen-bond acceptors (Lipinski definition) is 5. The molecule has 0 bridgehead atoms. The number of nitrogens with zero attached hydrogens (tertiary/aromatic N) is 4. The lowest BCUT2D eigenvalue weighted by Gasteiger charge is -2.36. The first-order valence-corrected chi connectivity index (χ1v) is 10.4. The molecule has 0 fully saturated rings. The number of anilines is 2. The Hall–Kier alpha value is -4.01. The van der Waals surface area contributed by atoms with Gasteiger partial charge in [0.2, 0.25) is 11.8 Å². The number of aromatic nitrogens is 2. The summed E-state index contributed by atoms with van der Waals surface area (Å²) in [4.78, 5) is 38.3. The highest BCUT2D eigenvalue weighted by Gasteiger charge is 2.35. The number of carbonyl (C=O) groups excluding carboxylic acids is 2. The number of carbonyl (C=O) groups is 2. The van der Waals surface area contributed by atoms with Gasteiger partial charge in [0.25, 0.3) is 0 Å². The number of rotatable bonds is 6. The molecule has 1 atom stereocenters. The summed E-state index contributed by atoms with van der Waals surface area (Å²) in [6.07, 6.45) is 3.70. The summed E-state index contributed by atoms with van der Waals surface area (Å²) in [6.45, 7) is 2.15. The van der Waals surface area contributed by atoms with Gasteiger partial charge in [-0.15, -0.1) is 0 Å². The van der Waals surface area contributed by atoms with Crippen molar-refractivity contribution in [3.63, 3.8) is 0 Å². The van der Waals surface area contributed by atoms with Crippen molar-refractivity contribution in [2.75, 3.05) is 10.2 Å². The van der Waals surface area contributed by atoms with Gasteiger partial charge in [0.1, 0.15) is 18.4 Å². The zero-order valence-corrected chi connectivity index (χ0v) is 17.6. The smallest absolute Gasteiger partial charge is 0.306 e. The molecule has 1 N–H and O–H groups in total. The van der Waals surface area contributed by atoms with Crippen LogP contribution in [0.2, 0.25) is 0 Å². The van der Waals surface area contributed by atoms with Gasteiger partial charge in [-0.3, -0.25) is 29.3 Å². The lowest BCUT2D eigenvalue weighted by Crippen LogP contribution is -2.50. The van der Waals surface area contributed by atoms with Crippen LogP contribution in [0.1, 0.15) is 24.0 Å². The van der Waals surface area contributed by atoms with Gasteiger partial charge in [0.05, 0.1) is 4.92 Å². The van der Waals surface area contributed by atoms with E-state index in [1.807, 2.05) is 55.5 Å². The molecule has 9 nitrogen and oxygen atoms in total. The number of benzene rings is 2. The van der Waals surface area contributed by atoms with Crippen LogP contribution in [0.4, 0.5) is 17.1 Å². The Kier molecular flexibility index (Phi) is 5.98. The van der Waals surface area contributed by atoms with Crippen molar-refractivity contribution in [2.24, 2.45) is 0 Å². The summed E-state index contributed by atoms with van der Waals surface area (Å²) < 4.78 is 1.37. The number of hydrogen-bond donors (Lipinski definition) is 1. The molecular weight excluding hydrogens is 410 g/mol. The Bertz CT molecular complexity index is 1160. The minimum Gasteiger partial charge on any atom is -0.324 e. The first-order valence-electron chi connectivity index (χ1n) is 10.4. The maximum absolute atomic E-state index is 13.3. The van der Waals surface area contributed by atoms with Gasteiger partial charge >= 0.3 is 5.69 Å². The first kappa shape index (κ1) is 21.2. The number of nitro groups is 1. The lowest BCUT2D eigenvalue weighted by molar-refractivity contribution is -0.385. The molecule has 1 unspecified atom stereocenters. The van der Waals surface area contributed by atoms with E-state index >= 15 is 0 Å². The molecule has 0 spiro atoms. The Labute approximate surface area is 184 Å². The molecule has 0 radical (unpaired) electrons. The number of fused-ring (bicyclic) bond motifs is 1. The van der Waals surface area contributed by atoms with Crippen LogP contribution in [0.15, 0.2) is 60.9 Å². The van der Waals surface area contributed by atoms with E-state index in [0.717, 1.165) is 23.0 Å². The van der Waals surface area contributed by atoms with E-state index in [9.17, 15) is 19.7 Å². The summed E-state index contributed by atoms with van der Waals surface area (Å²) >= 11 is 0. The summed E-state index contributed by atoms with van der Waals surface area (Å²) in [7, 11) is 0. The highest BCUT2D eigenvalue weighted by atomic mass is 16.6. The predicted octanol–water partition coefficient (Wildman–Crippen LogP) is 3.48. The molecule has 164 valence electrons. The third-order valence-corrected chi connectivity index (χ3v) is 5.53. The van der Waals surface area contributed by atoms with Crippen LogP contribution < -0.4 is 10.2 Å². The minimum absolute atomic E-state index is 0.0570. The molecule has 0 saturated heterocycles. The molecule has 32 heavy (non-hydrogen) atoms. The van der Waals surface area contributed by atoms with E-state index in [1.165, 1.54) is 10.9 Å². The van der Waals surface area contributed by atoms with Crippen LogP contribution in [-0.2, 0) is 22.6 Å². The van der Waals surface area contributed by atoms with Gasteiger partial charge in [-0.2, -0.15) is 5.10 Å². The van der Waals surface area contributed by atoms with Crippen LogP contribution in [-0.4, -0.2) is 32.6 Å². The van der Waals surface area contributed by atoms with E-state index in [4.69, 9.17) is 0 Å². The molecule has 0 saturated carbocycles. The molecule has 3 aromatic rings. The molecule has 2 heterocycles. The van der Waals surface area contributed by atoms with E-state index in [0.29, 0.717) is 18.5 Å². The predicted molar refractivity (Wildman–Crippen MR) is 119 cm³/mol. The fourth-order valence-corrected chi connectivity index (χ4v) is 3.87. The minimum atomic E-state index is -0.648. The maximum atomic E-state index is 13.3. The van der Waals surface area contributed by atoms with Crippen LogP contribution in [0, 0.1) is 17.0 Å². The maximum Gasteiger partial charge on any atom is 0.306 e. The highest BCUT2D eigenvalue weighted by Crippen LogP contribution is 2.32. The third kappa shape index (κ3) is 4.51. The summed E-state index contributed by atoms with van der Waals surface area (Å²) in [5, 5.41) is 17.7. The largest absolute Gasteiger partial charge is 0.324 e. The van der Waals surface area contributed by atoms with Crippen molar-refractivity contribution >= 4 is 28.9 Å². The molecule has 2 aromatic carbocycles. The average molecular weight is 433 g/mol. The molecule has 9 heteroatoms. The summed E-state index contributed by atoms with van der Waals surface area (Å²) in [5.74, 6) is -0.481. The fraction of sp³-hybridized carbons (Fsp3) is 0.261. The Morgan fingerprint density at radius 1 is 1.19 bits per heavy atom. The van der Waals surface area contributed by atoms with Gasteiger partial charge < -0.3 is 5.32 Å². The van der Waals surface area contributed by atoms with Gasteiger partial charge in [0, 0.05) is 24.3 Å². The number of nitrogens with one attached hydrogen (secondary N) is 1. The fourth-order valence-electron chi connectivity index (χ4n) is 3.87. The summed E-state index contributed by atoms with van der Waals surface area (Å²) in [5.41, 5.74) is 3.37. The van der Waals surface area contributed by atoms with Crippen LogP contribution >= 0.6 is 0 Å².